The van der Waals surface area contributed by atoms with Gasteiger partial charge in [0.2, 0.25) is 5.91 Å². The molecule has 0 bridgehead atoms. The number of hydrogen-bond acceptors (Lipinski definition) is 3. The Morgan fingerprint density at radius 2 is 2.21 bits per heavy atom. The minimum Gasteiger partial charge on any atom is -0.380 e. The third-order valence-corrected chi connectivity index (χ3v) is 2.79. The van der Waals surface area contributed by atoms with Crippen molar-refractivity contribution in [3.63, 3.8) is 0 Å². The highest BCUT2D eigenvalue weighted by molar-refractivity contribution is 5.82. The predicted octanol–water partition coefficient (Wildman–Crippen LogP) is 0.217. The van der Waals surface area contributed by atoms with Crippen LogP contribution in [-0.4, -0.2) is 43.2 Å². The number of ether oxygens (including phenoxy) is 1. The molecule has 1 aliphatic heterocycles. The molecule has 0 saturated carbocycles. The Morgan fingerprint density at radius 3 is 2.64 bits per heavy atom. The van der Waals surface area contributed by atoms with Crippen molar-refractivity contribution >= 4 is 5.91 Å². The number of rotatable bonds is 3. The molecule has 1 aliphatic rings. The highest BCUT2D eigenvalue weighted by atomic mass is 16.5. The summed E-state index contributed by atoms with van der Waals surface area (Å²) in [6.45, 7) is 5.40. The van der Waals surface area contributed by atoms with Crippen molar-refractivity contribution in [2.45, 2.75) is 32.4 Å². The molecule has 1 rings (SSSR count). The summed E-state index contributed by atoms with van der Waals surface area (Å²) in [7, 11) is 1.68. The molecule has 1 heterocycles. The lowest BCUT2D eigenvalue weighted by molar-refractivity contribution is -0.132. The molecule has 14 heavy (non-hydrogen) atoms. The molecule has 1 saturated heterocycles. The van der Waals surface area contributed by atoms with Crippen molar-refractivity contribution in [3.8, 4) is 0 Å². The summed E-state index contributed by atoms with van der Waals surface area (Å²) in [5.41, 5.74) is 5.79. The van der Waals surface area contributed by atoms with Crippen LogP contribution in [0.1, 0.15) is 20.3 Å². The molecule has 82 valence electrons. The average molecular weight is 200 g/mol. The number of nitrogens with two attached hydrogens (primary N) is 1. The molecule has 0 aromatic rings. The molecular formula is C10H20N2O2. The zero-order valence-electron chi connectivity index (χ0n) is 9.19. The molecule has 0 radical (unpaired) electrons. The molecule has 1 amide bonds. The number of nitrogens with zero attached hydrogens (tertiary/aromatic N) is 1. The van der Waals surface area contributed by atoms with Crippen LogP contribution in [-0.2, 0) is 9.53 Å². The number of amides is 1. The Bertz CT molecular complexity index is 206. The van der Waals surface area contributed by atoms with E-state index in [4.69, 9.17) is 10.5 Å². The maximum Gasteiger partial charge on any atom is 0.239 e. The Balaban J connectivity index is 2.47. The topological polar surface area (TPSA) is 55.6 Å². The van der Waals surface area contributed by atoms with E-state index in [1.807, 2.05) is 13.8 Å². The Hall–Kier alpha value is -0.610. The fourth-order valence-electron chi connectivity index (χ4n) is 1.62. The largest absolute Gasteiger partial charge is 0.380 e. The number of methoxy groups -OCH3 is 1. The lowest BCUT2D eigenvalue weighted by Gasteiger charge is -2.22. The summed E-state index contributed by atoms with van der Waals surface area (Å²) in [5, 5.41) is 0. The van der Waals surface area contributed by atoms with Crippen molar-refractivity contribution in [2.24, 2.45) is 11.7 Å². The number of likely N-dealkylation sites (tertiary alicyclic amines) is 1. The second-order valence-electron chi connectivity index (χ2n) is 4.20. The van der Waals surface area contributed by atoms with Crippen LogP contribution < -0.4 is 5.73 Å². The summed E-state index contributed by atoms with van der Waals surface area (Å²) in [6, 6.07) is -0.370. The Kier molecular flexibility index (Phi) is 3.89. The van der Waals surface area contributed by atoms with Crippen molar-refractivity contribution in [2.75, 3.05) is 20.2 Å². The molecule has 4 heteroatoms. The Labute approximate surface area is 85.4 Å². The molecule has 4 nitrogen and oxygen atoms in total. The van der Waals surface area contributed by atoms with Gasteiger partial charge >= 0.3 is 0 Å². The minimum atomic E-state index is -0.370. The van der Waals surface area contributed by atoms with E-state index >= 15 is 0 Å². The van der Waals surface area contributed by atoms with Gasteiger partial charge in [-0.2, -0.15) is 0 Å². The van der Waals surface area contributed by atoms with Crippen molar-refractivity contribution in [1.82, 2.24) is 4.90 Å². The van der Waals surface area contributed by atoms with Crippen molar-refractivity contribution < 1.29 is 9.53 Å². The average Bonchev–Trinajstić information content (AvgIpc) is 2.63. The second-order valence-corrected chi connectivity index (χ2v) is 4.20. The van der Waals surface area contributed by atoms with Crippen LogP contribution in [0.25, 0.3) is 0 Å². The smallest absolute Gasteiger partial charge is 0.239 e. The first-order valence-electron chi connectivity index (χ1n) is 5.13. The molecule has 0 aromatic heterocycles. The standard InChI is InChI=1S/C10H20N2O2/c1-7(2)9(11)10(13)12-5-4-8(6-12)14-3/h7-9H,4-6,11H2,1-3H3/t8-,9-/m1/s1. The molecule has 0 spiro atoms. The predicted molar refractivity (Wildman–Crippen MR) is 54.8 cm³/mol. The molecule has 0 aliphatic carbocycles. The fraction of sp³-hybridized carbons (Fsp3) is 0.900. The van der Waals surface area contributed by atoms with Gasteiger partial charge < -0.3 is 15.4 Å². The van der Waals surface area contributed by atoms with Crippen LogP contribution in [0.15, 0.2) is 0 Å². The summed E-state index contributed by atoms with van der Waals surface area (Å²) in [5.74, 6) is 0.253. The van der Waals surface area contributed by atoms with Crippen LogP contribution in [0.5, 0.6) is 0 Å². The van der Waals surface area contributed by atoms with E-state index in [1.165, 1.54) is 0 Å². The number of carbonyl (C=O) groups is 1. The number of carbonyl (C=O) groups excluding carboxylic acids is 1. The molecule has 1 fully saturated rings. The van der Waals surface area contributed by atoms with Gasteiger partial charge in [0.05, 0.1) is 12.1 Å². The van der Waals surface area contributed by atoms with Gasteiger partial charge in [-0.15, -0.1) is 0 Å². The minimum absolute atomic E-state index is 0.0551. The summed E-state index contributed by atoms with van der Waals surface area (Å²) in [6.07, 6.45) is 1.12. The second kappa shape index (κ2) is 4.75. The van der Waals surface area contributed by atoms with Gasteiger partial charge in [-0.3, -0.25) is 4.79 Å². The molecule has 2 atom stereocenters. The summed E-state index contributed by atoms with van der Waals surface area (Å²) >= 11 is 0. The van der Waals surface area contributed by atoms with Gasteiger partial charge in [0.25, 0.3) is 0 Å². The van der Waals surface area contributed by atoms with Crippen LogP contribution in [0.2, 0.25) is 0 Å². The van der Waals surface area contributed by atoms with Gasteiger partial charge in [0, 0.05) is 20.2 Å². The third kappa shape index (κ3) is 2.45. The van der Waals surface area contributed by atoms with Crippen molar-refractivity contribution in [1.29, 1.82) is 0 Å². The summed E-state index contributed by atoms with van der Waals surface area (Å²) < 4.78 is 5.20. The van der Waals surface area contributed by atoms with Gasteiger partial charge in [-0.05, 0) is 12.3 Å². The first-order valence-corrected chi connectivity index (χ1v) is 5.13. The monoisotopic (exact) mass is 200 g/mol. The van der Waals surface area contributed by atoms with E-state index in [2.05, 4.69) is 0 Å². The van der Waals surface area contributed by atoms with Crippen LogP contribution in [0.4, 0.5) is 0 Å². The zero-order valence-corrected chi connectivity index (χ0v) is 9.19. The van der Waals surface area contributed by atoms with Gasteiger partial charge in [0.1, 0.15) is 0 Å². The fourth-order valence-corrected chi connectivity index (χ4v) is 1.62. The van der Waals surface area contributed by atoms with Crippen LogP contribution >= 0.6 is 0 Å². The van der Waals surface area contributed by atoms with E-state index in [1.54, 1.807) is 12.0 Å². The first kappa shape index (κ1) is 11.5. The lowest BCUT2D eigenvalue weighted by atomic mass is 10.0. The zero-order chi connectivity index (χ0) is 10.7. The van der Waals surface area contributed by atoms with Crippen LogP contribution in [0, 0.1) is 5.92 Å². The maximum atomic E-state index is 11.8. The van der Waals surface area contributed by atoms with E-state index in [9.17, 15) is 4.79 Å². The van der Waals surface area contributed by atoms with E-state index in [0.29, 0.717) is 6.54 Å². The van der Waals surface area contributed by atoms with Gasteiger partial charge in [0.15, 0.2) is 0 Å². The molecule has 0 aromatic carbocycles. The molecule has 2 N–H and O–H groups in total. The van der Waals surface area contributed by atoms with E-state index in [-0.39, 0.29) is 24.0 Å². The summed E-state index contributed by atoms with van der Waals surface area (Å²) in [4.78, 5) is 13.6. The quantitative estimate of drug-likeness (QED) is 0.709. The normalized spacial score (nSPS) is 24.4. The SMILES string of the molecule is CO[C@@H]1CCN(C(=O)[C@H](N)C(C)C)C1. The van der Waals surface area contributed by atoms with E-state index < -0.39 is 0 Å². The lowest BCUT2D eigenvalue weighted by Crippen LogP contribution is -2.45. The molecule has 0 unspecified atom stereocenters. The maximum absolute atomic E-state index is 11.8. The highest BCUT2D eigenvalue weighted by Crippen LogP contribution is 2.14. The third-order valence-electron chi connectivity index (χ3n) is 2.79. The van der Waals surface area contributed by atoms with Crippen molar-refractivity contribution in [3.05, 3.63) is 0 Å². The first-order chi connectivity index (χ1) is 6.56. The van der Waals surface area contributed by atoms with E-state index in [0.717, 1.165) is 13.0 Å². The van der Waals surface area contributed by atoms with Gasteiger partial charge in [-0.1, -0.05) is 13.8 Å². The molecular weight excluding hydrogens is 180 g/mol. The van der Waals surface area contributed by atoms with Crippen LogP contribution in [0.3, 0.4) is 0 Å². The Morgan fingerprint density at radius 1 is 1.57 bits per heavy atom. The highest BCUT2D eigenvalue weighted by Gasteiger charge is 2.30. The number of hydrogen-bond donors (Lipinski definition) is 1. The van der Waals surface area contributed by atoms with Gasteiger partial charge in [-0.25, -0.2) is 0 Å².